The predicted octanol–water partition coefficient (Wildman–Crippen LogP) is 7.32. The van der Waals surface area contributed by atoms with E-state index in [0.717, 1.165) is 27.9 Å². The van der Waals surface area contributed by atoms with Crippen LogP contribution in [0.1, 0.15) is 0 Å². The van der Waals surface area contributed by atoms with E-state index < -0.39 is 0 Å². The van der Waals surface area contributed by atoms with E-state index >= 15 is 0 Å². The van der Waals surface area contributed by atoms with E-state index in [1.807, 2.05) is 24.4 Å². The maximum Gasteiger partial charge on any atom is 0.114 e. The van der Waals surface area contributed by atoms with Crippen LogP contribution in [-0.4, -0.2) is 13.7 Å². The number of nitrogens with zero attached hydrogens (tertiary/aromatic N) is 3. The number of aromatic nitrogens is 3. The fourth-order valence-electron chi connectivity index (χ4n) is 4.78. The van der Waals surface area contributed by atoms with Gasteiger partial charge in [-0.25, -0.2) is 0 Å². The minimum absolute atomic E-state index is 0.909. The molecule has 0 bridgehead atoms. The lowest BCUT2D eigenvalue weighted by Gasteiger charge is -2.14. The molecule has 0 aliphatic heterocycles. The Kier molecular flexibility index (Phi) is 3.43. The van der Waals surface area contributed by atoms with Crippen LogP contribution in [0.25, 0.3) is 65.7 Å². The Bertz CT molecular complexity index is 1720. The van der Waals surface area contributed by atoms with Gasteiger partial charge in [-0.3, -0.25) is 4.98 Å². The highest BCUT2D eigenvalue weighted by atomic mass is 32.1. The lowest BCUT2D eigenvalue weighted by molar-refractivity contribution is 1.33. The molecule has 144 valence electrons. The third kappa shape index (κ3) is 2.36. The van der Waals surface area contributed by atoms with Gasteiger partial charge in [0.2, 0.25) is 0 Å². The monoisotopic (exact) mass is 413 g/mol. The van der Waals surface area contributed by atoms with Gasteiger partial charge in [0.05, 0.1) is 17.4 Å². The molecule has 0 saturated heterocycles. The van der Waals surface area contributed by atoms with Gasteiger partial charge in [0.15, 0.2) is 0 Å². The second-order valence-corrected chi connectivity index (χ2v) is 8.33. The van der Waals surface area contributed by atoms with E-state index in [-0.39, 0.29) is 0 Å². The van der Waals surface area contributed by atoms with Crippen molar-refractivity contribution in [3.05, 3.63) is 91.1 Å². The first-order valence-electron chi connectivity index (χ1n) is 10.2. The molecule has 0 atom stereocenters. The molecule has 0 unspecified atom stereocenters. The molecule has 2 aromatic heterocycles. The summed E-state index contributed by atoms with van der Waals surface area (Å²) in [5, 5.41) is 7.72. The molecular weight excluding hydrogens is 398 g/mol. The van der Waals surface area contributed by atoms with Gasteiger partial charge >= 0.3 is 0 Å². The first-order chi connectivity index (χ1) is 15.4. The van der Waals surface area contributed by atoms with Crippen molar-refractivity contribution >= 4 is 55.1 Å². The lowest BCUT2D eigenvalue weighted by Crippen LogP contribution is -1.90. The number of fused-ring (bicyclic) bond motifs is 1. The molecule has 0 radical (unpaired) electrons. The summed E-state index contributed by atoms with van der Waals surface area (Å²) in [6, 6.07) is 30.1. The highest BCUT2D eigenvalue weighted by Crippen LogP contribution is 2.41. The Balaban J connectivity index is 1.56. The second kappa shape index (κ2) is 6.30. The Hall–Kier alpha value is -3.89. The summed E-state index contributed by atoms with van der Waals surface area (Å²) in [6.07, 6.45) is 1.82. The Labute approximate surface area is 182 Å². The van der Waals surface area contributed by atoms with E-state index in [2.05, 4.69) is 76.1 Å². The first kappa shape index (κ1) is 16.9. The van der Waals surface area contributed by atoms with Crippen LogP contribution in [0, 0.1) is 0 Å². The fourth-order valence-corrected chi connectivity index (χ4v) is 5.36. The van der Waals surface area contributed by atoms with Crippen LogP contribution in [-0.2, 0) is 0 Å². The number of hydrogen-bond donors (Lipinski definition) is 0. The Morgan fingerprint density at radius 1 is 0.516 bits per heavy atom. The summed E-state index contributed by atoms with van der Waals surface area (Å²) < 4.78 is 9.33. The van der Waals surface area contributed by atoms with Crippen molar-refractivity contribution in [3.63, 3.8) is 0 Å². The van der Waals surface area contributed by atoms with Gasteiger partial charge in [-0.15, -0.1) is 0 Å². The minimum atomic E-state index is 0.909. The molecule has 0 fully saturated rings. The van der Waals surface area contributed by atoms with Crippen LogP contribution in [0.15, 0.2) is 91.1 Å². The van der Waals surface area contributed by atoms with Gasteiger partial charge in [-0.1, -0.05) is 66.7 Å². The summed E-state index contributed by atoms with van der Waals surface area (Å²) in [7, 11) is 0. The molecule has 4 heteroatoms. The zero-order valence-electron chi connectivity index (χ0n) is 16.4. The molecule has 31 heavy (non-hydrogen) atoms. The largest absolute Gasteiger partial charge is 0.256 e. The molecule has 5 aromatic carbocycles. The van der Waals surface area contributed by atoms with Gasteiger partial charge in [0, 0.05) is 17.3 Å². The van der Waals surface area contributed by atoms with Crippen LogP contribution in [0.3, 0.4) is 0 Å². The van der Waals surface area contributed by atoms with Crippen LogP contribution in [0.5, 0.6) is 0 Å². The summed E-state index contributed by atoms with van der Waals surface area (Å²) in [4.78, 5) is 4.52. The van der Waals surface area contributed by atoms with Crippen molar-refractivity contribution in [1.82, 2.24) is 13.7 Å². The number of rotatable bonds is 2. The van der Waals surface area contributed by atoms with Crippen molar-refractivity contribution in [3.8, 4) is 22.4 Å². The SMILES string of the molecule is c1ccc(-c2ccc(-c3ccc4ccc5cccc6ccc3c4c56)c3nsnc23)nc1. The van der Waals surface area contributed by atoms with Crippen molar-refractivity contribution in [2.24, 2.45) is 0 Å². The van der Waals surface area contributed by atoms with Gasteiger partial charge < -0.3 is 0 Å². The quantitative estimate of drug-likeness (QED) is 0.279. The molecule has 0 amide bonds. The maximum atomic E-state index is 4.69. The van der Waals surface area contributed by atoms with Crippen LogP contribution in [0.2, 0.25) is 0 Å². The minimum Gasteiger partial charge on any atom is -0.256 e. The van der Waals surface area contributed by atoms with Gasteiger partial charge in [0.1, 0.15) is 11.0 Å². The van der Waals surface area contributed by atoms with Crippen molar-refractivity contribution in [2.75, 3.05) is 0 Å². The molecule has 0 N–H and O–H groups in total. The average molecular weight is 414 g/mol. The Morgan fingerprint density at radius 2 is 1.19 bits per heavy atom. The van der Waals surface area contributed by atoms with Crippen molar-refractivity contribution < 1.29 is 0 Å². The molecule has 2 heterocycles. The van der Waals surface area contributed by atoms with Crippen LogP contribution in [0.4, 0.5) is 0 Å². The summed E-state index contributed by atoms with van der Waals surface area (Å²) in [6.45, 7) is 0. The summed E-state index contributed by atoms with van der Waals surface area (Å²) in [5.41, 5.74) is 6.08. The first-order valence-corrected chi connectivity index (χ1v) is 10.9. The molecule has 0 saturated carbocycles. The standard InChI is InChI=1S/C27H15N3S/c1-2-15-28-23(6-1)22-14-13-21(26-27(22)30-31-29-26)19-11-9-18-8-7-16-4-3-5-17-10-12-20(19)25(18)24(16)17/h1-15H. The normalized spacial score (nSPS) is 11.9. The Morgan fingerprint density at radius 3 is 2.00 bits per heavy atom. The lowest BCUT2D eigenvalue weighted by atomic mass is 9.89. The third-order valence-corrected chi connectivity index (χ3v) is 6.70. The average Bonchev–Trinajstić information content (AvgIpc) is 3.33. The topological polar surface area (TPSA) is 38.7 Å². The van der Waals surface area contributed by atoms with E-state index in [1.54, 1.807) is 0 Å². The third-order valence-electron chi connectivity index (χ3n) is 6.18. The van der Waals surface area contributed by atoms with E-state index in [0.29, 0.717) is 0 Å². The van der Waals surface area contributed by atoms with E-state index in [1.165, 1.54) is 49.6 Å². The van der Waals surface area contributed by atoms with Crippen LogP contribution < -0.4 is 0 Å². The van der Waals surface area contributed by atoms with Gasteiger partial charge in [0.25, 0.3) is 0 Å². The van der Waals surface area contributed by atoms with E-state index in [9.17, 15) is 0 Å². The smallest absolute Gasteiger partial charge is 0.114 e. The fraction of sp³-hybridized carbons (Fsp3) is 0. The maximum absolute atomic E-state index is 4.69. The molecular formula is C27H15N3S. The summed E-state index contributed by atoms with van der Waals surface area (Å²) >= 11 is 1.26. The number of pyridine rings is 1. The van der Waals surface area contributed by atoms with Gasteiger partial charge in [-0.05, 0) is 56.1 Å². The molecule has 0 aliphatic carbocycles. The predicted molar refractivity (Wildman–Crippen MR) is 130 cm³/mol. The summed E-state index contributed by atoms with van der Waals surface area (Å²) in [5.74, 6) is 0. The second-order valence-electron chi connectivity index (χ2n) is 7.81. The highest BCUT2D eigenvalue weighted by molar-refractivity contribution is 7.00. The zero-order valence-corrected chi connectivity index (χ0v) is 17.2. The molecule has 7 aromatic rings. The molecule has 7 rings (SSSR count). The highest BCUT2D eigenvalue weighted by Gasteiger charge is 2.17. The van der Waals surface area contributed by atoms with Gasteiger partial charge in [-0.2, -0.15) is 8.75 Å². The van der Waals surface area contributed by atoms with Crippen molar-refractivity contribution in [2.45, 2.75) is 0 Å². The molecule has 3 nitrogen and oxygen atoms in total. The number of benzene rings is 5. The number of hydrogen-bond acceptors (Lipinski definition) is 4. The van der Waals surface area contributed by atoms with Crippen LogP contribution >= 0.6 is 11.7 Å². The molecule has 0 spiro atoms. The molecule has 0 aliphatic rings. The zero-order chi connectivity index (χ0) is 20.4. The van der Waals surface area contributed by atoms with Crippen molar-refractivity contribution in [1.29, 1.82) is 0 Å². The van der Waals surface area contributed by atoms with E-state index in [4.69, 9.17) is 4.37 Å².